The first-order valence-corrected chi connectivity index (χ1v) is 8.88. The molecule has 0 bridgehead atoms. The normalized spacial score (nSPS) is 11.0. The Kier molecular flexibility index (Phi) is 6.01. The van der Waals surface area contributed by atoms with Gasteiger partial charge < -0.3 is 0 Å². The number of benzene rings is 2. The Bertz CT molecular complexity index is 856. The maximum atomic E-state index is 12.1. The van der Waals surface area contributed by atoms with E-state index in [-0.39, 0.29) is 0 Å². The van der Waals surface area contributed by atoms with Crippen LogP contribution in [0.4, 0.5) is 4.79 Å². The molecule has 3 rings (SSSR count). The number of carbonyl (C=O) groups excluding carboxylic acids is 1. The second-order valence-corrected chi connectivity index (χ2v) is 6.30. The minimum absolute atomic E-state index is 0.400. The predicted molar refractivity (Wildman–Crippen MR) is 105 cm³/mol. The first-order chi connectivity index (χ1) is 12.7. The van der Waals surface area contributed by atoms with Crippen LogP contribution in [-0.2, 0) is 0 Å². The summed E-state index contributed by atoms with van der Waals surface area (Å²) in [5.74, 6) is 0. The van der Waals surface area contributed by atoms with Gasteiger partial charge in [0.25, 0.3) is 0 Å². The number of aromatic nitrogens is 1. The first-order valence-electron chi connectivity index (χ1n) is 8.07. The Morgan fingerprint density at radius 1 is 0.962 bits per heavy atom. The number of amides is 2. The maximum Gasteiger partial charge on any atom is 0.345 e. The van der Waals surface area contributed by atoms with Gasteiger partial charge in [-0.3, -0.25) is 9.71 Å². The summed E-state index contributed by atoms with van der Waals surface area (Å²) in [6.07, 6.45) is 1.70. The zero-order valence-electron chi connectivity index (χ0n) is 14.2. The summed E-state index contributed by atoms with van der Waals surface area (Å²) in [6.45, 7) is 1.99. The lowest BCUT2D eigenvalue weighted by molar-refractivity contribution is 0.247. The van der Waals surface area contributed by atoms with Crippen LogP contribution in [-0.4, -0.2) is 16.7 Å². The van der Waals surface area contributed by atoms with Crippen LogP contribution < -0.4 is 10.1 Å². The number of hydrazone groups is 1. The van der Waals surface area contributed by atoms with Crippen LogP contribution in [0.25, 0.3) is 0 Å². The molecule has 0 unspecified atom stereocenters. The zero-order chi connectivity index (χ0) is 18.2. The highest BCUT2D eigenvalue weighted by Gasteiger charge is 2.09. The highest BCUT2D eigenvalue weighted by Crippen LogP contribution is 2.18. The standard InChI is InChI=1S/C20H18N4OS/c1-15-9-5-6-13-18(15)26-24-20(25)23-22-19(16-10-3-2-4-11-16)17-12-7-8-14-21-17/h2-14H,1H3,(H2,23,24,25)/b22-19-. The monoisotopic (exact) mass is 362 g/mol. The van der Waals surface area contributed by atoms with E-state index in [1.165, 1.54) is 11.9 Å². The lowest BCUT2D eigenvalue weighted by atomic mass is 10.1. The Balaban J connectivity index is 1.72. The van der Waals surface area contributed by atoms with Gasteiger partial charge in [0, 0.05) is 16.7 Å². The quantitative estimate of drug-likeness (QED) is 0.407. The predicted octanol–water partition coefficient (Wildman–Crippen LogP) is 4.15. The van der Waals surface area contributed by atoms with Crippen molar-refractivity contribution in [3.8, 4) is 0 Å². The van der Waals surface area contributed by atoms with Crippen LogP contribution in [0.15, 0.2) is 89.0 Å². The third-order valence-corrected chi connectivity index (χ3v) is 4.54. The Labute approximate surface area is 156 Å². The summed E-state index contributed by atoms with van der Waals surface area (Å²) in [5, 5.41) is 4.28. The SMILES string of the molecule is Cc1ccccc1SNC(=O)N/N=C(/c1ccccc1)c1ccccn1. The molecule has 0 aliphatic carbocycles. The highest BCUT2D eigenvalue weighted by molar-refractivity contribution is 7.98. The minimum atomic E-state index is -0.400. The van der Waals surface area contributed by atoms with E-state index in [1.54, 1.807) is 6.20 Å². The Morgan fingerprint density at radius 2 is 1.69 bits per heavy atom. The molecule has 0 atom stereocenters. The number of rotatable bonds is 5. The largest absolute Gasteiger partial charge is 0.345 e. The number of carbonyl (C=O) groups is 1. The molecule has 1 aromatic heterocycles. The lowest BCUT2D eigenvalue weighted by Crippen LogP contribution is -2.28. The molecule has 0 saturated heterocycles. The van der Waals surface area contributed by atoms with Gasteiger partial charge in [0.1, 0.15) is 5.71 Å². The van der Waals surface area contributed by atoms with E-state index in [0.29, 0.717) is 11.4 Å². The van der Waals surface area contributed by atoms with Gasteiger partial charge in [0.2, 0.25) is 0 Å². The van der Waals surface area contributed by atoms with Gasteiger partial charge in [-0.1, -0.05) is 54.6 Å². The minimum Gasteiger partial charge on any atom is -0.276 e. The number of pyridine rings is 1. The molecule has 130 valence electrons. The van der Waals surface area contributed by atoms with Gasteiger partial charge in [0.15, 0.2) is 0 Å². The Morgan fingerprint density at radius 3 is 2.42 bits per heavy atom. The number of aryl methyl sites for hydroxylation is 1. The molecule has 0 radical (unpaired) electrons. The van der Waals surface area contributed by atoms with E-state index in [2.05, 4.69) is 20.2 Å². The van der Waals surface area contributed by atoms with Crippen molar-refractivity contribution >= 4 is 23.7 Å². The molecule has 3 aromatic rings. The topological polar surface area (TPSA) is 66.4 Å². The van der Waals surface area contributed by atoms with E-state index < -0.39 is 6.03 Å². The summed E-state index contributed by atoms with van der Waals surface area (Å²) < 4.78 is 2.74. The molecule has 0 aliphatic heterocycles. The van der Waals surface area contributed by atoms with E-state index in [9.17, 15) is 4.79 Å². The molecule has 0 saturated carbocycles. The highest BCUT2D eigenvalue weighted by atomic mass is 32.2. The van der Waals surface area contributed by atoms with Gasteiger partial charge in [0.05, 0.1) is 5.69 Å². The number of nitrogens with one attached hydrogen (secondary N) is 2. The molecule has 2 N–H and O–H groups in total. The van der Waals surface area contributed by atoms with Gasteiger partial charge in [-0.15, -0.1) is 0 Å². The van der Waals surface area contributed by atoms with E-state index in [0.717, 1.165) is 16.0 Å². The third-order valence-electron chi connectivity index (χ3n) is 3.57. The molecule has 1 heterocycles. The summed E-state index contributed by atoms with van der Waals surface area (Å²) in [4.78, 5) is 17.4. The zero-order valence-corrected chi connectivity index (χ0v) is 15.0. The fourth-order valence-electron chi connectivity index (χ4n) is 2.27. The molecular weight excluding hydrogens is 344 g/mol. The van der Waals surface area contributed by atoms with Crippen molar-refractivity contribution in [1.82, 2.24) is 15.1 Å². The van der Waals surface area contributed by atoms with E-state index in [1.807, 2.05) is 79.7 Å². The molecule has 6 heteroatoms. The first kappa shape index (κ1) is 17.7. The second-order valence-electron chi connectivity index (χ2n) is 5.45. The number of urea groups is 1. The third kappa shape index (κ3) is 4.70. The summed E-state index contributed by atoms with van der Waals surface area (Å²) in [6, 6.07) is 22.6. The van der Waals surface area contributed by atoms with Gasteiger partial charge in [-0.05, 0) is 42.6 Å². The molecular formula is C20H18N4OS. The van der Waals surface area contributed by atoms with Crippen molar-refractivity contribution in [3.63, 3.8) is 0 Å². The lowest BCUT2D eigenvalue weighted by Gasteiger charge is -2.08. The van der Waals surface area contributed by atoms with Crippen molar-refractivity contribution in [2.75, 3.05) is 0 Å². The smallest absolute Gasteiger partial charge is 0.276 e. The van der Waals surface area contributed by atoms with Crippen molar-refractivity contribution < 1.29 is 4.79 Å². The van der Waals surface area contributed by atoms with E-state index >= 15 is 0 Å². The summed E-state index contributed by atoms with van der Waals surface area (Å²) >= 11 is 1.25. The van der Waals surface area contributed by atoms with Gasteiger partial charge in [-0.2, -0.15) is 5.10 Å². The van der Waals surface area contributed by atoms with Crippen molar-refractivity contribution in [2.24, 2.45) is 5.10 Å². The molecule has 2 amide bonds. The summed E-state index contributed by atoms with van der Waals surface area (Å²) in [7, 11) is 0. The van der Waals surface area contributed by atoms with Crippen LogP contribution in [0.1, 0.15) is 16.8 Å². The molecule has 0 spiro atoms. The average molecular weight is 362 g/mol. The molecule has 0 aliphatic rings. The Hall–Kier alpha value is -3.12. The van der Waals surface area contributed by atoms with Gasteiger partial charge >= 0.3 is 6.03 Å². The van der Waals surface area contributed by atoms with Crippen molar-refractivity contribution in [1.29, 1.82) is 0 Å². The van der Waals surface area contributed by atoms with Crippen LogP contribution in [0.2, 0.25) is 0 Å². The number of hydrogen-bond acceptors (Lipinski definition) is 4. The van der Waals surface area contributed by atoms with Crippen LogP contribution in [0, 0.1) is 6.92 Å². The fourth-order valence-corrected chi connectivity index (χ4v) is 2.89. The molecule has 5 nitrogen and oxygen atoms in total. The second kappa shape index (κ2) is 8.82. The van der Waals surface area contributed by atoms with Crippen LogP contribution in [0.3, 0.4) is 0 Å². The van der Waals surface area contributed by atoms with E-state index in [4.69, 9.17) is 0 Å². The number of nitrogens with zero attached hydrogens (tertiary/aromatic N) is 2. The van der Waals surface area contributed by atoms with Crippen molar-refractivity contribution in [2.45, 2.75) is 11.8 Å². The fraction of sp³-hybridized carbons (Fsp3) is 0.0500. The van der Waals surface area contributed by atoms with Crippen molar-refractivity contribution in [3.05, 3.63) is 95.8 Å². The maximum absolute atomic E-state index is 12.1. The molecule has 2 aromatic carbocycles. The van der Waals surface area contributed by atoms with Crippen LogP contribution in [0.5, 0.6) is 0 Å². The van der Waals surface area contributed by atoms with Gasteiger partial charge in [-0.25, -0.2) is 10.2 Å². The summed E-state index contributed by atoms with van der Waals surface area (Å²) in [5.41, 5.74) is 5.80. The van der Waals surface area contributed by atoms with Crippen LogP contribution >= 0.6 is 11.9 Å². The number of hydrogen-bond donors (Lipinski definition) is 2. The molecule has 26 heavy (non-hydrogen) atoms. The average Bonchev–Trinajstić information content (AvgIpc) is 2.69. The molecule has 0 fully saturated rings.